The first-order valence-corrected chi connectivity index (χ1v) is 5.58. The van der Waals surface area contributed by atoms with Crippen LogP contribution in [0.4, 0.5) is 17.2 Å². The predicted octanol–water partition coefficient (Wildman–Crippen LogP) is 3.70. The first-order valence-electron chi connectivity index (χ1n) is 5.21. The molecule has 0 unspecified atom stereocenters. The van der Waals surface area contributed by atoms with E-state index in [4.69, 9.17) is 11.6 Å². The first-order chi connectivity index (χ1) is 8.56. The number of hydrogen-bond donors (Lipinski definition) is 1. The molecule has 1 aromatic carbocycles. The van der Waals surface area contributed by atoms with Gasteiger partial charge in [-0.2, -0.15) is 0 Å². The molecule has 0 spiro atoms. The Kier molecular flexibility index (Phi) is 3.43. The SMILES string of the molecule is Cc1cc(Cl)nc(Nc2ccccc2[N+](=O)[O-])c1. The third kappa shape index (κ3) is 2.75. The topological polar surface area (TPSA) is 68.1 Å². The van der Waals surface area contributed by atoms with Gasteiger partial charge in [-0.25, -0.2) is 4.98 Å². The molecule has 0 saturated carbocycles. The zero-order chi connectivity index (χ0) is 13.1. The van der Waals surface area contributed by atoms with Gasteiger partial charge in [-0.3, -0.25) is 10.1 Å². The van der Waals surface area contributed by atoms with E-state index in [1.807, 2.05) is 6.92 Å². The Morgan fingerprint density at radius 1 is 1.33 bits per heavy atom. The van der Waals surface area contributed by atoms with Gasteiger partial charge < -0.3 is 5.32 Å². The standard InChI is InChI=1S/C12H10ClN3O2/c1-8-6-11(13)15-12(7-8)14-9-4-2-3-5-10(9)16(17)18/h2-7H,1H3,(H,14,15). The fourth-order valence-electron chi connectivity index (χ4n) is 1.57. The number of pyridine rings is 1. The van der Waals surface area contributed by atoms with Crippen molar-refractivity contribution in [1.29, 1.82) is 0 Å². The number of nitro groups is 1. The summed E-state index contributed by atoms with van der Waals surface area (Å²) in [5.74, 6) is 0.481. The lowest BCUT2D eigenvalue weighted by Gasteiger charge is -2.07. The molecule has 0 amide bonds. The maximum atomic E-state index is 10.9. The lowest BCUT2D eigenvalue weighted by molar-refractivity contribution is -0.383. The van der Waals surface area contributed by atoms with E-state index in [0.717, 1.165) is 5.56 Å². The molecule has 92 valence electrons. The number of para-hydroxylation sites is 2. The summed E-state index contributed by atoms with van der Waals surface area (Å²) in [6, 6.07) is 9.86. The number of nitro benzene ring substituents is 1. The fraction of sp³-hybridized carbons (Fsp3) is 0.0833. The van der Waals surface area contributed by atoms with Gasteiger partial charge in [0.25, 0.3) is 5.69 Å². The van der Waals surface area contributed by atoms with Crippen molar-refractivity contribution >= 4 is 28.8 Å². The van der Waals surface area contributed by atoms with Crippen molar-refractivity contribution in [2.75, 3.05) is 5.32 Å². The Balaban J connectivity index is 2.37. The molecule has 0 aliphatic carbocycles. The van der Waals surface area contributed by atoms with Crippen LogP contribution in [0.2, 0.25) is 5.15 Å². The highest BCUT2D eigenvalue weighted by Crippen LogP contribution is 2.27. The van der Waals surface area contributed by atoms with Crippen LogP contribution in [0.15, 0.2) is 36.4 Å². The van der Waals surface area contributed by atoms with Gasteiger partial charge in [0.05, 0.1) is 4.92 Å². The van der Waals surface area contributed by atoms with E-state index < -0.39 is 4.92 Å². The molecule has 18 heavy (non-hydrogen) atoms. The minimum absolute atomic E-state index is 0.00284. The number of aryl methyl sites for hydroxylation is 1. The van der Waals surface area contributed by atoms with Crippen molar-refractivity contribution < 1.29 is 4.92 Å². The van der Waals surface area contributed by atoms with E-state index in [9.17, 15) is 10.1 Å². The van der Waals surface area contributed by atoms with Gasteiger partial charge in [-0.15, -0.1) is 0 Å². The van der Waals surface area contributed by atoms with E-state index in [0.29, 0.717) is 16.7 Å². The summed E-state index contributed by atoms with van der Waals surface area (Å²) in [5, 5.41) is 14.1. The van der Waals surface area contributed by atoms with E-state index in [-0.39, 0.29) is 5.69 Å². The van der Waals surface area contributed by atoms with Gasteiger partial charge in [0.15, 0.2) is 0 Å². The average Bonchev–Trinajstić information content (AvgIpc) is 2.27. The highest BCUT2D eigenvalue weighted by atomic mass is 35.5. The second-order valence-electron chi connectivity index (χ2n) is 3.75. The molecular weight excluding hydrogens is 254 g/mol. The first kappa shape index (κ1) is 12.3. The van der Waals surface area contributed by atoms with Crippen LogP contribution in [-0.2, 0) is 0 Å². The number of aromatic nitrogens is 1. The summed E-state index contributed by atoms with van der Waals surface area (Å²) in [6.45, 7) is 1.87. The normalized spacial score (nSPS) is 10.1. The molecule has 1 N–H and O–H groups in total. The molecule has 0 aliphatic heterocycles. The van der Waals surface area contributed by atoms with E-state index >= 15 is 0 Å². The van der Waals surface area contributed by atoms with Crippen LogP contribution in [0.1, 0.15) is 5.56 Å². The summed E-state index contributed by atoms with van der Waals surface area (Å²) in [4.78, 5) is 14.5. The second-order valence-corrected chi connectivity index (χ2v) is 4.14. The predicted molar refractivity (Wildman–Crippen MR) is 70.4 cm³/mol. The van der Waals surface area contributed by atoms with E-state index in [1.54, 1.807) is 30.3 Å². The zero-order valence-corrected chi connectivity index (χ0v) is 10.3. The summed E-state index contributed by atoms with van der Waals surface area (Å²) >= 11 is 5.83. The van der Waals surface area contributed by atoms with E-state index in [2.05, 4.69) is 10.3 Å². The number of hydrogen-bond acceptors (Lipinski definition) is 4. The fourth-order valence-corrected chi connectivity index (χ4v) is 1.83. The van der Waals surface area contributed by atoms with Crippen molar-refractivity contribution in [3.63, 3.8) is 0 Å². The molecule has 0 bridgehead atoms. The summed E-state index contributed by atoms with van der Waals surface area (Å²) in [7, 11) is 0. The Morgan fingerprint density at radius 2 is 2.06 bits per heavy atom. The molecule has 0 aliphatic rings. The van der Waals surface area contributed by atoms with Gasteiger partial charge in [-0.05, 0) is 30.7 Å². The van der Waals surface area contributed by atoms with Gasteiger partial charge >= 0.3 is 0 Å². The minimum Gasteiger partial charge on any atom is -0.335 e. The molecule has 5 nitrogen and oxygen atoms in total. The largest absolute Gasteiger partial charge is 0.335 e. The summed E-state index contributed by atoms with van der Waals surface area (Å²) < 4.78 is 0. The van der Waals surface area contributed by atoms with Gasteiger partial charge in [0, 0.05) is 6.07 Å². The van der Waals surface area contributed by atoms with Crippen molar-refractivity contribution in [1.82, 2.24) is 4.98 Å². The molecule has 0 saturated heterocycles. The van der Waals surface area contributed by atoms with Crippen molar-refractivity contribution in [2.24, 2.45) is 0 Å². The Morgan fingerprint density at radius 3 is 2.72 bits per heavy atom. The van der Waals surface area contributed by atoms with Crippen molar-refractivity contribution in [3.8, 4) is 0 Å². The summed E-state index contributed by atoms with van der Waals surface area (Å²) in [5.41, 5.74) is 1.31. The monoisotopic (exact) mass is 263 g/mol. The molecular formula is C12H10ClN3O2. The van der Waals surface area contributed by atoms with Crippen LogP contribution < -0.4 is 5.32 Å². The molecule has 2 aromatic rings. The maximum Gasteiger partial charge on any atom is 0.292 e. The number of nitrogens with one attached hydrogen (secondary N) is 1. The summed E-state index contributed by atoms with van der Waals surface area (Å²) in [6.07, 6.45) is 0. The zero-order valence-electron chi connectivity index (χ0n) is 9.55. The third-order valence-electron chi connectivity index (χ3n) is 2.30. The third-order valence-corrected chi connectivity index (χ3v) is 2.50. The second kappa shape index (κ2) is 5.01. The van der Waals surface area contributed by atoms with Gasteiger partial charge in [0.1, 0.15) is 16.7 Å². The Bertz CT molecular complexity index is 581. The highest BCUT2D eigenvalue weighted by Gasteiger charge is 2.12. The molecule has 6 heteroatoms. The minimum atomic E-state index is -0.445. The molecule has 2 rings (SSSR count). The molecule has 1 aromatic heterocycles. The Labute approximate surface area is 109 Å². The lowest BCUT2D eigenvalue weighted by atomic mass is 10.2. The quantitative estimate of drug-likeness (QED) is 0.521. The number of rotatable bonds is 3. The number of nitrogens with zero attached hydrogens (tertiary/aromatic N) is 2. The molecule has 0 atom stereocenters. The highest BCUT2D eigenvalue weighted by molar-refractivity contribution is 6.29. The van der Waals surface area contributed by atoms with Crippen LogP contribution in [0, 0.1) is 17.0 Å². The smallest absolute Gasteiger partial charge is 0.292 e. The van der Waals surface area contributed by atoms with Crippen LogP contribution in [-0.4, -0.2) is 9.91 Å². The lowest BCUT2D eigenvalue weighted by Crippen LogP contribution is -1.98. The van der Waals surface area contributed by atoms with E-state index in [1.165, 1.54) is 6.07 Å². The van der Waals surface area contributed by atoms with Crippen molar-refractivity contribution in [3.05, 3.63) is 57.2 Å². The molecule has 0 fully saturated rings. The number of anilines is 2. The van der Waals surface area contributed by atoms with Crippen LogP contribution >= 0.6 is 11.6 Å². The van der Waals surface area contributed by atoms with Gasteiger partial charge in [0.2, 0.25) is 0 Å². The van der Waals surface area contributed by atoms with Crippen LogP contribution in [0.5, 0.6) is 0 Å². The average molecular weight is 264 g/mol. The molecule has 1 heterocycles. The van der Waals surface area contributed by atoms with Gasteiger partial charge in [-0.1, -0.05) is 23.7 Å². The number of benzene rings is 1. The maximum absolute atomic E-state index is 10.9. The van der Waals surface area contributed by atoms with Crippen LogP contribution in [0.3, 0.4) is 0 Å². The van der Waals surface area contributed by atoms with Crippen LogP contribution in [0.25, 0.3) is 0 Å². The Hall–Kier alpha value is -2.14. The van der Waals surface area contributed by atoms with Crippen molar-refractivity contribution in [2.45, 2.75) is 6.92 Å². The molecule has 0 radical (unpaired) electrons. The number of halogens is 1.